The summed E-state index contributed by atoms with van der Waals surface area (Å²) in [4.78, 5) is 14.3. The largest absolute Gasteiger partial charge is 0.505 e. The Morgan fingerprint density at radius 1 is 1.69 bits per heavy atom. The number of hydrogen-bond acceptors (Lipinski definition) is 4. The van der Waals surface area contributed by atoms with Crippen molar-refractivity contribution in [3.8, 4) is 5.75 Å². The number of pyridine rings is 1. The Morgan fingerprint density at radius 2 is 2.31 bits per heavy atom. The maximum absolute atomic E-state index is 10.5. The molecule has 1 atom stereocenters. The van der Waals surface area contributed by atoms with Crippen LogP contribution in [0.5, 0.6) is 5.75 Å². The van der Waals surface area contributed by atoms with E-state index in [0.717, 1.165) is 0 Å². The Balaban J connectivity index is 3.38. The van der Waals surface area contributed by atoms with E-state index in [-0.39, 0.29) is 16.9 Å². The first-order valence-electron chi connectivity index (χ1n) is 3.53. The van der Waals surface area contributed by atoms with Crippen LogP contribution in [0.2, 0.25) is 0 Å². The molecule has 0 amide bonds. The van der Waals surface area contributed by atoms with Gasteiger partial charge in [0.25, 0.3) is 0 Å². The van der Waals surface area contributed by atoms with Crippen LogP contribution in [0.1, 0.15) is 27.2 Å². The molecule has 0 aromatic carbocycles. The lowest BCUT2D eigenvalue weighted by Gasteiger charge is -2.08. The fourth-order valence-corrected chi connectivity index (χ4v) is 1.12. The van der Waals surface area contributed by atoms with Gasteiger partial charge in [0.2, 0.25) is 0 Å². The minimum Gasteiger partial charge on any atom is -0.505 e. The number of rotatable bonds is 2. The Hall–Kier alpha value is -1.13. The molecule has 0 fully saturated rings. The van der Waals surface area contributed by atoms with Gasteiger partial charge in [-0.3, -0.25) is 9.78 Å². The Labute approximate surface area is 79.8 Å². The van der Waals surface area contributed by atoms with E-state index in [4.69, 9.17) is 16.7 Å². The second-order valence-electron chi connectivity index (χ2n) is 2.51. The number of carbonyl (C=O) groups is 1. The first-order chi connectivity index (χ1) is 6.07. The number of aliphatic hydroxyl groups excluding tert-OH is 1. The molecule has 0 aliphatic rings. The number of aldehydes is 1. The third-order valence-corrected chi connectivity index (χ3v) is 1.92. The quantitative estimate of drug-likeness (QED) is 0.556. The number of carbonyl (C=O) groups excluding carboxylic acids is 1. The van der Waals surface area contributed by atoms with Crippen LogP contribution in [-0.2, 0) is 0 Å². The van der Waals surface area contributed by atoms with Gasteiger partial charge >= 0.3 is 0 Å². The molecular formula is C8H8ClNO3. The van der Waals surface area contributed by atoms with E-state index in [1.165, 1.54) is 6.20 Å². The molecule has 0 aliphatic heterocycles. The summed E-state index contributed by atoms with van der Waals surface area (Å²) in [7, 11) is 0. The first kappa shape index (κ1) is 9.95. The van der Waals surface area contributed by atoms with E-state index in [9.17, 15) is 9.90 Å². The summed E-state index contributed by atoms with van der Waals surface area (Å²) in [6, 6.07) is 0. The van der Waals surface area contributed by atoms with Crippen molar-refractivity contribution in [2.75, 3.05) is 0 Å². The van der Waals surface area contributed by atoms with Crippen LogP contribution in [0.15, 0.2) is 6.20 Å². The van der Waals surface area contributed by atoms with Gasteiger partial charge in [0.05, 0.1) is 11.3 Å². The van der Waals surface area contributed by atoms with Crippen LogP contribution in [0, 0.1) is 6.92 Å². The van der Waals surface area contributed by atoms with Crippen molar-refractivity contribution in [1.82, 2.24) is 4.98 Å². The lowest BCUT2D eigenvalue weighted by Crippen LogP contribution is -1.99. The molecule has 1 rings (SSSR count). The molecule has 1 aromatic heterocycles. The van der Waals surface area contributed by atoms with E-state index in [2.05, 4.69) is 4.98 Å². The summed E-state index contributed by atoms with van der Waals surface area (Å²) in [6.07, 6.45) is 1.70. The molecule has 13 heavy (non-hydrogen) atoms. The first-order valence-corrected chi connectivity index (χ1v) is 3.97. The fraction of sp³-hybridized carbons (Fsp3) is 0.250. The highest BCUT2D eigenvalue weighted by Gasteiger charge is 2.15. The van der Waals surface area contributed by atoms with Gasteiger partial charge in [-0.05, 0) is 6.92 Å². The second kappa shape index (κ2) is 3.72. The van der Waals surface area contributed by atoms with E-state index >= 15 is 0 Å². The van der Waals surface area contributed by atoms with E-state index < -0.39 is 5.56 Å². The molecule has 1 unspecified atom stereocenters. The van der Waals surface area contributed by atoms with Crippen molar-refractivity contribution in [3.63, 3.8) is 0 Å². The summed E-state index contributed by atoms with van der Waals surface area (Å²) in [5, 5.41) is 18.4. The van der Waals surface area contributed by atoms with Gasteiger partial charge in [-0.2, -0.15) is 0 Å². The zero-order chi connectivity index (χ0) is 10.0. The van der Waals surface area contributed by atoms with Gasteiger partial charge in [-0.25, -0.2) is 0 Å². The van der Waals surface area contributed by atoms with E-state index in [1.54, 1.807) is 6.92 Å². The van der Waals surface area contributed by atoms with Crippen LogP contribution >= 0.6 is 11.6 Å². The predicted octanol–water partition coefficient (Wildman–Crippen LogP) is 1.14. The van der Waals surface area contributed by atoms with Crippen LogP contribution in [-0.4, -0.2) is 21.5 Å². The van der Waals surface area contributed by atoms with Crippen molar-refractivity contribution in [2.24, 2.45) is 0 Å². The number of aliphatic hydroxyl groups is 1. The molecule has 0 saturated heterocycles. The lowest BCUT2D eigenvalue weighted by atomic mass is 10.1. The molecule has 1 heterocycles. The molecular weight excluding hydrogens is 194 g/mol. The topological polar surface area (TPSA) is 70.4 Å². The molecule has 0 saturated carbocycles. The average Bonchev–Trinajstić information content (AvgIpc) is 2.09. The number of aromatic nitrogens is 1. The van der Waals surface area contributed by atoms with Crippen molar-refractivity contribution in [2.45, 2.75) is 12.5 Å². The number of aromatic hydroxyl groups is 1. The van der Waals surface area contributed by atoms with Crippen molar-refractivity contribution in [1.29, 1.82) is 0 Å². The van der Waals surface area contributed by atoms with Crippen LogP contribution in [0.4, 0.5) is 0 Å². The summed E-state index contributed by atoms with van der Waals surface area (Å²) in [5.74, 6) is -0.243. The summed E-state index contributed by atoms with van der Waals surface area (Å²) in [5.41, 5.74) is -0.919. The average molecular weight is 202 g/mol. The summed E-state index contributed by atoms with van der Waals surface area (Å²) >= 11 is 5.36. The van der Waals surface area contributed by atoms with Gasteiger partial charge in [0.1, 0.15) is 5.75 Å². The molecule has 2 N–H and O–H groups in total. The number of halogens is 1. The molecule has 0 radical (unpaired) electrons. The molecule has 1 aromatic rings. The zero-order valence-corrected chi connectivity index (χ0v) is 7.62. The van der Waals surface area contributed by atoms with E-state index in [0.29, 0.717) is 12.0 Å². The SMILES string of the molecule is Cc1ncc(C(O)Cl)c(C=O)c1O. The van der Waals surface area contributed by atoms with Gasteiger partial charge in [-0.1, -0.05) is 11.6 Å². The second-order valence-corrected chi connectivity index (χ2v) is 2.93. The zero-order valence-electron chi connectivity index (χ0n) is 6.86. The van der Waals surface area contributed by atoms with Crippen LogP contribution in [0.3, 0.4) is 0 Å². The smallest absolute Gasteiger partial charge is 0.155 e. The molecule has 4 nitrogen and oxygen atoms in total. The Kier molecular flexibility index (Phi) is 2.85. The molecule has 0 spiro atoms. The molecule has 0 aliphatic carbocycles. The van der Waals surface area contributed by atoms with Crippen molar-refractivity contribution >= 4 is 17.9 Å². The maximum Gasteiger partial charge on any atom is 0.155 e. The minimum absolute atomic E-state index is 0.0185. The van der Waals surface area contributed by atoms with Gasteiger partial charge in [0, 0.05) is 11.8 Å². The molecule has 70 valence electrons. The molecule has 0 bridgehead atoms. The Bertz CT molecular complexity index is 338. The Morgan fingerprint density at radius 3 is 2.77 bits per heavy atom. The number of nitrogens with zero attached hydrogens (tertiary/aromatic N) is 1. The van der Waals surface area contributed by atoms with Gasteiger partial charge in [-0.15, -0.1) is 0 Å². The van der Waals surface area contributed by atoms with Gasteiger partial charge < -0.3 is 10.2 Å². The van der Waals surface area contributed by atoms with Gasteiger partial charge in [0.15, 0.2) is 11.8 Å². The van der Waals surface area contributed by atoms with Crippen LogP contribution < -0.4 is 0 Å². The molecule has 5 heteroatoms. The third kappa shape index (κ3) is 1.79. The summed E-state index contributed by atoms with van der Waals surface area (Å²) < 4.78 is 0. The van der Waals surface area contributed by atoms with Crippen molar-refractivity contribution in [3.05, 3.63) is 23.0 Å². The highest BCUT2D eigenvalue weighted by Crippen LogP contribution is 2.27. The normalized spacial score (nSPS) is 12.5. The van der Waals surface area contributed by atoms with Crippen molar-refractivity contribution < 1.29 is 15.0 Å². The number of alkyl halides is 1. The highest BCUT2D eigenvalue weighted by atomic mass is 35.5. The maximum atomic E-state index is 10.5. The van der Waals surface area contributed by atoms with E-state index in [1.807, 2.05) is 0 Å². The monoisotopic (exact) mass is 201 g/mol. The summed E-state index contributed by atoms with van der Waals surface area (Å²) in [6.45, 7) is 1.55. The fourth-order valence-electron chi connectivity index (χ4n) is 0.942. The number of aryl methyl sites for hydroxylation is 1. The number of hydrogen-bond donors (Lipinski definition) is 2. The van der Waals surface area contributed by atoms with Crippen LogP contribution in [0.25, 0.3) is 0 Å². The lowest BCUT2D eigenvalue weighted by molar-refractivity contribution is 0.111. The minimum atomic E-state index is -1.33. The third-order valence-electron chi connectivity index (χ3n) is 1.68. The standard InChI is InChI=1S/C8H8ClNO3/c1-4-7(12)6(3-11)5(2-10-4)8(9)13/h2-3,8,12-13H,1H3. The highest BCUT2D eigenvalue weighted by molar-refractivity contribution is 6.20. The predicted molar refractivity (Wildman–Crippen MR) is 46.8 cm³/mol.